The highest BCUT2D eigenvalue weighted by Crippen LogP contribution is 2.32. The number of aromatic hydroxyl groups is 2. The SMILES string of the molecule is CC(O)C(=O)O.Cc1cc(=O)n(CCCN(C)C)c(O)c1N=Nc1ccc(C(=O)NCCCNC(=O)c2ccc(N=Nc3c(C)cc(=O)n(CCCN(C)C)c3O)cc2)cc1. The Labute approximate surface area is 353 Å². The van der Waals surface area contributed by atoms with E-state index in [9.17, 15) is 34.2 Å². The number of amides is 2. The lowest BCUT2D eigenvalue weighted by molar-refractivity contribution is -0.145. The van der Waals surface area contributed by atoms with Gasteiger partial charge in [0.15, 0.2) is 0 Å². The second kappa shape index (κ2) is 23.9. The van der Waals surface area contributed by atoms with E-state index in [1.165, 1.54) is 28.2 Å². The van der Waals surface area contributed by atoms with E-state index in [4.69, 9.17) is 10.2 Å². The number of benzene rings is 2. The number of aliphatic hydroxyl groups excluding tert-OH is 1. The van der Waals surface area contributed by atoms with Crippen LogP contribution in [0.25, 0.3) is 0 Å². The number of carbonyl (C=O) groups excluding carboxylic acids is 2. The number of aliphatic carboxylic acids is 1. The van der Waals surface area contributed by atoms with Crippen LogP contribution in [0.4, 0.5) is 22.7 Å². The van der Waals surface area contributed by atoms with Crippen LogP contribution in [0.15, 0.2) is 90.7 Å². The normalized spacial score (nSPS) is 11.8. The lowest BCUT2D eigenvalue weighted by Crippen LogP contribution is -2.29. The number of aromatic nitrogens is 2. The fraction of sp³-hybridized carbons (Fsp3) is 0.405. The molecule has 0 spiro atoms. The third-order valence-electron chi connectivity index (χ3n) is 8.94. The Bertz CT molecular complexity index is 2130. The average molecular weight is 845 g/mol. The molecule has 2 heterocycles. The molecule has 1 unspecified atom stereocenters. The number of pyridine rings is 2. The number of carboxylic acid groups (broad SMARTS) is 1. The molecule has 6 N–H and O–H groups in total. The lowest BCUT2D eigenvalue weighted by Gasteiger charge is -2.13. The summed E-state index contributed by atoms with van der Waals surface area (Å²) in [7, 11) is 7.75. The zero-order valence-corrected chi connectivity index (χ0v) is 35.6. The summed E-state index contributed by atoms with van der Waals surface area (Å²) >= 11 is 0. The fourth-order valence-electron chi connectivity index (χ4n) is 5.52. The molecule has 2 aromatic carbocycles. The van der Waals surface area contributed by atoms with E-state index in [0.29, 0.717) is 79.1 Å². The van der Waals surface area contributed by atoms with E-state index in [-0.39, 0.29) is 46.1 Å². The number of aryl methyl sites for hydroxylation is 2. The van der Waals surface area contributed by atoms with E-state index in [1.807, 2.05) is 38.0 Å². The van der Waals surface area contributed by atoms with Gasteiger partial charge in [-0.05, 0) is 141 Å². The number of carbonyl (C=O) groups is 3. The van der Waals surface area contributed by atoms with Crippen molar-refractivity contribution in [2.24, 2.45) is 20.5 Å². The van der Waals surface area contributed by atoms with Gasteiger partial charge >= 0.3 is 5.97 Å². The number of hydrogen-bond donors (Lipinski definition) is 6. The van der Waals surface area contributed by atoms with Gasteiger partial charge in [0.2, 0.25) is 11.8 Å². The van der Waals surface area contributed by atoms with Gasteiger partial charge in [0.1, 0.15) is 17.5 Å². The van der Waals surface area contributed by atoms with Crippen LogP contribution in [0, 0.1) is 13.8 Å². The number of nitrogens with one attached hydrogen (secondary N) is 2. The molecule has 0 saturated heterocycles. The smallest absolute Gasteiger partial charge is 0.332 e. The Hall–Kier alpha value is -6.57. The second-order valence-corrected chi connectivity index (χ2v) is 14.7. The molecule has 1 atom stereocenters. The van der Waals surface area contributed by atoms with Gasteiger partial charge in [0.25, 0.3) is 22.9 Å². The molecule has 2 aromatic heterocycles. The molecule has 0 bridgehead atoms. The van der Waals surface area contributed by atoms with Crippen molar-refractivity contribution < 1.29 is 34.8 Å². The minimum Gasteiger partial charge on any atom is -0.493 e. The van der Waals surface area contributed by atoms with Crippen LogP contribution in [-0.2, 0) is 17.9 Å². The van der Waals surface area contributed by atoms with Gasteiger partial charge in [0.05, 0.1) is 11.4 Å². The highest BCUT2D eigenvalue weighted by Gasteiger charge is 2.15. The zero-order valence-electron chi connectivity index (χ0n) is 35.6. The topological polar surface area (TPSA) is 256 Å². The number of azo groups is 2. The summed E-state index contributed by atoms with van der Waals surface area (Å²) in [6, 6.07) is 15.8. The van der Waals surface area contributed by atoms with E-state index in [2.05, 4.69) is 31.1 Å². The predicted molar refractivity (Wildman–Crippen MR) is 230 cm³/mol. The van der Waals surface area contributed by atoms with Crippen molar-refractivity contribution in [3.05, 3.63) is 104 Å². The molecule has 0 radical (unpaired) electrons. The minimum absolute atomic E-state index is 0.207. The Balaban J connectivity index is 0.00000154. The van der Waals surface area contributed by atoms with Crippen molar-refractivity contribution in [2.75, 3.05) is 54.4 Å². The summed E-state index contributed by atoms with van der Waals surface area (Å²) in [4.78, 5) is 63.7. The Morgan fingerprint density at radius 3 is 1.30 bits per heavy atom. The highest BCUT2D eigenvalue weighted by molar-refractivity contribution is 5.95. The van der Waals surface area contributed by atoms with Crippen LogP contribution in [-0.4, -0.2) is 118 Å². The van der Waals surface area contributed by atoms with Crippen molar-refractivity contribution in [1.82, 2.24) is 29.6 Å². The maximum atomic E-state index is 12.7. The molecule has 4 aromatic rings. The van der Waals surface area contributed by atoms with Crippen LogP contribution in [0.3, 0.4) is 0 Å². The lowest BCUT2D eigenvalue weighted by atomic mass is 10.2. The molecule has 0 fully saturated rings. The largest absolute Gasteiger partial charge is 0.493 e. The first kappa shape index (κ1) is 48.8. The van der Waals surface area contributed by atoms with E-state index in [1.54, 1.807) is 62.4 Å². The Kier molecular flexibility index (Phi) is 19.1. The number of nitrogens with zero attached hydrogens (tertiary/aromatic N) is 8. The van der Waals surface area contributed by atoms with Gasteiger partial charge in [-0.25, -0.2) is 4.79 Å². The number of hydrogen-bond acceptors (Lipinski definition) is 14. The van der Waals surface area contributed by atoms with Gasteiger partial charge < -0.3 is 40.9 Å². The molecule has 61 heavy (non-hydrogen) atoms. The van der Waals surface area contributed by atoms with Gasteiger partial charge in [-0.2, -0.15) is 10.2 Å². The van der Waals surface area contributed by atoms with Crippen LogP contribution >= 0.6 is 0 Å². The first-order valence-electron chi connectivity index (χ1n) is 19.6. The zero-order chi connectivity index (χ0) is 45.2. The Morgan fingerprint density at radius 1 is 0.639 bits per heavy atom. The van der Waals surface area contributed by atoms with Crippen LogP contribution < -0.4 is 21.8 Å². The third kappa shape index (κ3) is 15.5. The molecule has 4 rings (SSSR count). The quantitative estimate of drug-likeness (QED) is 0.0553. The number of rotatable bonds is 19. The summed E-state index contributed by atoms with van der Waals surface area (Å²) in [5.74, 6) is -2.24. The molecule has 0 aliphatic rings. The summed E-state index contributed by atoms with van der Waals surface area (Å²) in [6.07, 6.45) is 0.622. The van der Waals surface area contributed by atoms with E-state index in [0.717, 1.165) is 13.1 Å². The summed E-state index contributed by atoms with van der Waals surface area (Å²) in [6.45, 7) is 7.43. The standard InChI is InChI=1S/C39H50N10O6.C3H6O3/c1-26-24-32(50)48(22-8-20-46(3)4)38(54)34(26)44-42-30-14-10-28(11-15-30)36(52)40-18-7-19-41-37(53)29-12-16-31(17-13-29)43-45-35-27(2)25-33(51)49(39(35)55)23-9-21-47(5)6;1-2(4)3(5)6/h10-17,24-25,54-55H,7-9,18-23H2,1-6H3,(H,40,52)(H,41,53);2,4H,1H3,(H,5,6). The fourth-order valence-corrected chi connectivity index (χ4v) is 5.52. The van der Waals surface area contributed by atoms with E-state index >= 15 is 0 Å². The molecule has 0 aliphatic heterocycles. The predicted octanol–water partition coefficient (Wildman–Crippen LogP) is 4.77. The molecule has 0 saturated carbocycles. The minimum atomic E-state index is -1.23. The highest BCUT2D eigenvalue weighted by atomic mass is 16.4. The van der Waals surface area contributed by atoms with Crippen LogP contribution in [0.2, 0.25) is 0 Å². The van der Waals surface area contributed by atoms with Crippen LogP contribution in [0.5, 0.6) is 11.8 Å². The molecule has 19 nitrogen and oxygen atoms in total. The Morgan fingerprint density at radius 2 is 0.984 bits per heavy atom. The molecule has 0 aliphatic carbocycles. The van der Waals surface area contributed by atoms with Crippen molar-refractivity contribution in [3.8, 4) is 11.8 Å². The van der Waals surface area contributed by atoms with Gasteiger partial charge in [-0.3, -0.25) is 28.3 Å². The first-order chi connectivity index (χ1) is 28.9. The monoisotopic (exact) mass is 844 g/mol. The summed E-state index contributed by atoms with van der Waals surface area (Å²) in [5.41, 5.74) is 2.56. The molecular weight excluding hydrogens is 789 g/mol. The number of aliphatic hydroxyl groups is 1. The molecule has 328 valence electrons. The molecular formula is C42H56N10O9. The first-order valence-corrected chi connectivity index (χ1v) is 19.6. The van der Waals surface area contributed by atoms with Crippen molar-refractivity contribution >= 4 is 40.5 Å². The maximum Gasteiger partial charge on any atom is 0.332 e. The second-order valence-electron chi connectivity index (χ2n) is 14.7. The van der Waals surface area contributed by atoms with Crippen molar-refractivity contribution in [3.63, 3.8) is 0 Å². The van der Waals surface area contributed by atoms with Crippen molar-refractivity contribution in [2.45, 2.75) is 59.2 Å². The maximum absolute atomic E-state index is 12.7. The van der Waals surface area contributed by atoms with Gasteiger partial charge in [-0.15, -0.1) is 10.2 Å². The summed E-state index contributed by atoms with van der Waals surface area (Å²) < 4.78 is 2.57. The number of carboxylic acids is 1. The van der Waals surface area contributed by atoms with Crippen LogP contribution in [0.1, 0.15) is 58.0 Å². The third-order valence-corrected chi connectivity index (χ3v) is 8.94. The summed E-state index contributed by atoms with van der Waals surface area (Å²) in [5, 5.41) is 59.7. The van der Waals surface area contributed by atoms with Gasteiger partial charge in [0, 0.05) is 49.4 Å². The van der Waals surface area contributed by atoms with E-state index < -0.39 is 12.1 Å². The van der Waals surface area contributed by atoms with Gasteiger partial charge in [-0.1, -0.05) is 0 Å². The molecule has 2 amide bonds. The molecule has 19 heteroatoms. The average Bonchev–Trinajstić information content (AvgIpc) is 3.20. The van der Waals surface area contributed by atoms with Crippen molar-refractivity contribution in [1.29, 1.82) is 0 Å².